The summed E-state index contributed by atoms with van der Waals surface area (Å²) >= 11 is 0. The van der Waals surface area contributed by atoms with E-state index >= 15 is 0 Å². The number of hydrogen-bond donors (Lipinski definition) is 0. The Kier molecular flexibility index (Phi) is 3.68. The number of carbonyl (C=O) groups is 1. The van der Waals surface area contributed by atoms with Crippen molar-refractivity contribution in [1.29, 1.82) is 0 Å². The van der Waals surface area contributed by atoms with Gasteiger partial charge in [0.15, 0.2) is 6.29 Å². The Balaban J connectivity index is 2.31. The Bertz CT molecular complexity index is 432. The first-order valence-corrected chi connectivity index (χ1v) is 5.91. The molecule has 0 amide bonds. The third-order valence-corrected chi connectivity index (χ3v) is 3.48. The minimum atomic E-state index is 0.0182. The van der Waals surface area contributed by atoms with Crippen molar-refractivity contribution < 1.29 is 14.3 Å². The summed E-state index contributed by atoms with van der Waals surface area (Å²) in [6, 6.07) is 0. The number of ether oxygens (including phenoxy) is 2. The van der Waals surface area contributed by atoms with Gasteiger partial charge in [-0.3, -0.25) is 9.48 Å². The number of anilines is 1. The maximum absolute atomic E-state index is 11.2. The summed E-state index contributed by atoms with van der Waals surface area (Å²) in [6.45, 7) is 3.24. The van der Waals surface area contributed by atoms with Crippen molar-refractivity contribution in [2.24, 2.45) is 7.05 Å². The molecule has 6 heteroatoms. The Morgan fingerprint density at radius 3 is 2.28 bits per heavy atom. The Hall–Kier alpha value is -1.40. The minimum absolute atomic E-state index is 0.0182. The van der Waals surface area contributed by atoms with Gasteiger partial charge in [-0.15, -0.1) is 0 Å². The van der Waals surface area contributed by atoms with Crippen molar-refractivity contribution in [2.75, 3.05) is 32.2 Å². The number of methoxy groups -OCH3 is 2. The van der Waals surface area contributed by atoms with Crippen LogP contribution in [0.5, 0.6) is 0 Å². The highest BCUT2D eigenvalue weighted by Crippen LogP contribution is 2.27. The van der Waals surface area contributed by atoms with E-state index in [0.29, 0.717) is 18.7 Å². The van der Waals surface area contributed by atoms with Gasteiger partial charge in [0.25, 0.3) is 0 Å². The number of nitrogens with zero attached hydrogens (tertiary/aromatic N) is 3. The summed E-state index contributed by atoms with van der Waals surface area (Å²) in [4.78, 5) is 13.3. The number of carbonyl (C=O) groups excluding carboxylic acids is 1. The van der Waals surface area contributed by atoms with Crippen LogP contribution in [0.15, 0.2) is 0 Å². The number of aromatic nitrogens is 2. The van der Waals surface area contributed by atoms with Crippen LogP contribution in [-0.4, -0.2) is 55.6 Å². The molecular weight excluding hydrogens is 234 g/mol. The molecular formula is C12H19N3O3. The zero-order valence-electron chi connectivity index (χ0n) is 11.2. The average Bonchev–Trinajstić information content (AvgIpc) is 2.88. The van der Waals surface area contributed by atoms with Crippen LogP contribution in [0.25, 0.3) is 0 Å². The van der Waals surface area contributed by atoms with Crippen molar-refractivity contribution in [3.8, 4) is 0 Å². The van der Waals surface area contributed by atoms with Crippen molar-refractivity contribution in [3.05, 3.63) is 11.3 Å². The van der Waals surface area contributed by atoms with Crippen LogP contribution < -0.4 is 4.90 Å². The molecule has 2 atom stereocenters. The molecule has 1 aromatic heterocycles. The van der Waals surface area contributed by atoms with E-state index in [1.807, 2.05) is 14.0 Å². The molecule has 0 spiro atoms. The van der Waals surface area contributed by atoms with E-state index in [2.05, 4.69) is 10.00 Å². The van der Waals surface area contributed by atoms with Gasteiger partial charge in [0.2, 0.25) is 0 Å². The predicted octanol–water partition coefficient (Wildman–Crippen LogP) is 0.391. The van der Waals surface area contributed by atoms with Crippen molar-refractivity contribution in [3.63, 3.8) is 0 Å². The summed E-state index contributed by atoms with van der Waals surface area (Å²) in [5.74, 6) is 0.837. The molecule has 0 aliphatic carbocycles. The first kappa shape index (κ1) is 13.0. The lowest BCUT2D eigenvalue weighted by Gasteiger charge is -2.18. The second-order valence-corrected chi connectivity index (χ2v) is 4.52. The lowest BCUT2D eigenvalue weighted by molar-refractivity contribution is -0.00461. The molecule has 1 fully saturated rings. The second-order valence-electron chi connectivity index (χ2n) is 4.52. The quantitative estimate of drug-likeness (QED) is 0.727. The van der Waals surface area contributed by atoms with Crippen LogP contribution in [0.3, 0.4) is 0 Å². The highest BCUT2D eigenvalue weighted by molar-refractivity contribution is 5.85. The summed E-state index contributed by atoms with van der Waals surface area (Å²) in [5.41, 5.74) is 1.39. The zero-order valence-corrected chi connectivity index (χ0v) is 11.2. The lowest BCUT2D eigenvalue weighted by Crippen LogP contribution is -2.27. The van der Waals surface area contributed by atoms with Crippen LogP contribution in [0.4, 0.5) is 5.82 Å². The lowest BCUT2D eigenvalue weighted by atomic mass is 10.2. The van der Waals surface area contributed by atoms with Gasteiger partial charge in [0, 0.05) is 34.4 Å². The van der Waals surface area contributed by atoms with Crippen LogP contribution in [-0.2, 0) is 16.5 Å². The first-order valence-electron chi connectivity index (χ1n) is 5.91. The molecule has 0 N–H and O–H groups in total. The molecule has 18 heavy (non-hydrogen) atoms. The van der Waals surface area contributed by atoms with Crippen molar-refractivity contribution >= 4 is 12.1 Å². The molecule has 0 saturated carbocycles. The van der Waals surface area contributed by atoms with E-state index in [1.165, 1.54) is 0 Å². The molecule has 2 unspecified atom stereocenters. The predicted molar refractivity (Wildman–Crippen MR) is 67.1 cm³/mol. The van der Waals surface area contributed by atoms with E-state index in [1.54, 1.807) is 18.9 Å². The van der Waals surface area contributed by atoms with Gasteiger partial charge >= 0.3 is 0 Å². The van der Waals surface area contributed by atoms with E-state index in [-0.39, 0.29) is 12.2 Å². The molecule has 0 bridgehead atoms. The fourth-order valence-corrected chi connectivity index (χ4v) is 2.55. The molecule has 0 radical (unpaired) electrons. The highest BCUT2D eigenvalue weighted by atomic mass is 16.5. The number of hydrogen-bond acceptors (Lipinski definition) is 5. The standard InChI is InChI=1S/C12H19N3O3/c1-8-9(7-16)12(14(2)13-8)15-5-10(17-3)11(6-15)18-4/h7,10-11H,5-6H2,1-4H3. The smallest absolute Gasteiger partial charge is 0.155 e. The fourth-order valence-electron chi connectivity index (χ4n) is 2.55. The van der Waals surface area contributed by atoms with E-state index in [4.69, 9.17) is 9.47 Å². The molecule has 0 aromatic carbocycles. The number of aldehydes is 1. The van der Waals surface area contributed by atoms with E-state index in [9.17, 15) is 4.79 Å². The summed E-state index contributed by atoms with van der Waals surface area (Å²) < 4.78 is 12.5. The van der Waals surface area contributed by atoms with Gasteiger partial charge in [-0.25, -0.2) is 0 Å². The molecule has 1 aromatic rings. The summed E-state index contributed by atoms with van der Waals surface area (Å²) in [5, 5.41) is 4.29. The maximum Gasteiger partial charge on any atom is 0.155 e. The molecule has 2 rings (SSSR count). The Morgan fingerprint density at radius 2 is 1.83 bits per heavy atom. The van der Waals surface area contributed by atoms with Gasteiger partial charge in [0.1, 0.15) is 18.0 Å². The highest BCUT2D eigenvalue weighted by Gasteiger charge is 2.35. The summed E-state index contributed by atoms with van der Waals surface area (Å²) in [6.07, 6.45) is 0.897. The number of rotatable bonds is 4. The van der Waals surface area contributed by atoms with E-state index < -0.39 is 0 Å². The fraction of sp³-hybridized carbons (Fsp3) is 0.667. The molecule has 1 aliphatic heterocycles. The van der Waals surface area contributed by atoms with Crippen LogP contribution in [0, 0.1) is 6.92 Å². The van der Waals surface area contributed by atoms with Gasteiger partial charge in [-0.1, -0.05) is 0 Å². The Labute approximate surface area is 106 Å². The monoisotopic (exact) mass is 253 g/mol. The van der Waals surface area contributed by atoms with Crippen LogP contribution in [0.2, 0.25) is 0 Å². The third-order valence-electron chi connectivity index (χ3n) is 3.48. The van der Waals surface area contributed by atoms with Gasteiger partial charge < -0.3 is 14.4 Å². The van der Waals surface area contributed by atoms with Crippen LogP contribution >= 0.6 is 0 Å². The summed E-state index contributed by atoms with van der Waals surface area (Å²) in [7, 11) is 5.20. The van der Waals surface area contributed by atoms with E-state index in [0.717, 1.165) is 17.8 Å². The molecule has 1 aliphatic rings. The molecule has 1 saturated heterocycles. The van der Waals surface area contributed by atoms with Gasteiger partial charge in [-0.2, -0.15) is 5.10 Å². The number of aryl methyl sites for hydroxylation is 2. The van der Waals surface area contributed by atoms with Gasteiger partial charge in [-0.05, 0) is 6.92 Å². The normalized spacial score (nSPS) is 23.7. The first-order chi connectivity index (χ1) is 8.62. The molecule has 6 nitrogen and oxygen atoms in total. The zero-order chi connectivity index (χ0) is 13.3. The topological polar surface area (TPSA) is 56.6 Å². The largest absolute Gasteiger partial charge is 0.377 e. The average molecular weight is 253 g/mol. The van der Waals surface area contributed by atoms with Crippen molar-refractivity contribution in [2.45, 2.75) is 19.1 Å². The van der Waals surface area contributed by atoms with Crippen LogP contribution in [0.1, 0.15) is 16.1 Å². The third kappa shape index (κ3) is 2.02. The maximum atomic E-state index is 11.2. The minimum Gasteiger partial charge on any atom is -0.377 e. The molecule has 2 heterocycles. The second kappa shape index (κ2) is 5.07. The Morgan fingerprint density at radius 1 is 1.28 bits per heavy atom. The molecule has 100 valence electrons. The SMILES string of the molecule is COC1CN(c2c(C=O)c(C)nn2C)CC1OC. The van der Waals surface area contributed by atoms with Gasteiger partial charge in [0.05, 0.1) is 11.3 Å². The van der Waals surface area contributed by atoms with Crippen molar-refractivity contribution in [1.82, 2.24) is 9.78 Å².